The lowest BCUT2D eigenvalue weighted by Gasteiger charge is -2.15. The van der Waals surface area contributed by atoms with Crippen LogP contribution in [0.15, 0.2) is 35.4 Å². The standard InChI is InChI=1S/C17H16N6O/c1-17(2,3)15-12(9-18)16(23-21-15)22-20-13(10-19)14(24)11-7-5-4-6-8-11/h4-8H,1-3H3,(H2,21,22,23). The van der Waals surface area contributed by atoms with Gasteiger partial charge in [0.15, 0.2) is 5.82 Å². The molecule has 2 N–H and O–H groups in total. The number of benzene rings is 1. The summed E-state index contributed by atoms with van der Waals surface area (Å²) in [5, 5.41) is 29.1. The van der Waals surface area contributed by atoms with E-state index in [9.17, 15) is 10.1 Å². The van der Waals surface area contributed by atoms with Gasteiger partial charge in [-0.3, -0.25) is 15.3 Å². The summed E-state index contributed by atoms with van der Waals surface area (Å²) in [6.07, 6.45) is 0. The number of aromatic nitrogens is 2. The van der Waals surface area contributed by atoms with Gasteiger partial charge in [0, 0.05) is 11.0 Å². The zero-order valence-electron chi connectivity index (χ0n) is 13.6. The van der Waals surface area contributed by atoms with Crippen LogP contribution in [0.3, 0.4) is 0 Å². The summed E-state index contributed by atoms with van der Waals surface area (Å²) in [5.41, 5.74) is 3.23. The second kappa shape index (κ2) is 6.76. The molecule has 0 amide bonds. The number of anilines is 1. The summed E-state index contributed by atoms with van der Waals surface area (Å²) in [5.74, 6) is -0.327. The minimum Gasteiger partial charge on any atom is -0.286 e. The van der Waals surface area contributed by atoms with Crippen molar-refractivity contribution in [2.45, 2.75) is 26.2 Å². The maximum Gasteiger partial charge on any atom is 0.223 e. The van der Waals surface area contributed by atoms with Crippen LogP contribution < -0.4 is 5.43 Å². The van der Waals surface area contributed by atoms with Crippen LogP contribution in [0.2, 0.25) is 0 Å². The average molecular weight is 320 g/mol. The fraction of sp³-hybridized carbons (Fsp3) is 0.235. The molecule has 7 heteroatoms. The first-order valence-corrected chi connectivity index (χ1v) is 7.21. The maximum atomic E-state index is 12.2. The Morgan fingerprint density at radius 1 is 1.25 bits per heavy atom. The summed E-state index contributed by atoms with van der Waals surface area (Å²) >= 11 is 0. The molecule has 0 saturated carbocycles. The SMILES string of the molecule is CC(C)(C)c1[nH]nc(NN=C(C#N)C(=O)c2ccccc2)c1C#N. The monoisotopic (exact) mass is 320 g/mol. The van der Waals surface area contributed by atoms with Crippen LogP contribution in [-0.2, 0) is 5.41 Å². The Kier molecular flexibility index (Phi) is 4.76. The molecule has 0 aliphatic heterocycles. The van der Waals surface area contributed by atoms with E-state index in [-0.39, 0.29) is 16.9 Å². The quantitative estimate of drug-likeness (QED) is 0.510. The van der Waals surface area contributed by atoms with Crippen molar-refractivity contribution in [1.29, 1.82) is 10.5 Å². The van der Waals surface area contributed by atoms with Crippen molar-refractivity contribution in [1.82, 2.24) is 10.2 Å². The van der Waals surface area contributed by atoms with Gasteiger partial charge in [-0.1, -0.05) is 51.1 Å². The van der Waals surface area contributed by atoms with Crippen LogP contribution in [-0.4, -0.2) is 21.7 Å². The molecule has 1 aromatic heterocycles. The topological polar surface area (TPSA) is 118 Å². The van der Waals surface area contributed by atoms with Gasteiger partial charge in [0.1, 0.15) is 17.7 Å². The minimum atomic E-state index is -0.504. The maximum absolute atomic E-state index is 12.2. The zero-order valence-corrected chi connectivity index (χ0v) is 13.6. The van der Waals surface area contributed by atoms with Gasteiger partial charge >= 0.3 is 0 Å². The Labute approximate surface area is 139 Å². The van der Waals surface area contributed by atoms with Crippen molar-refractivity contribution < 1.29 is 4.79 Å². The number of nitriles is 2. The Bertz CT molecular complexity index is 859. The van der Waals surface area contributed by atoms with Crippen LogP contribution in [0, 0.1) is 22.7 Å². The Morgan fingerprint density at radius 2 is 1.92 bits per heavy atom. The molecule has 0 bridgehead atoms. The summed E-state index contributed by atoms with van der Waals surface area (Å²) in [4.78, 5) is 12.2. The normalized spacial score (nSPS) is 11.5. The second-order valence-corrected chi connectivity index (χ2v) is 6.06. The van der Waals surface area contributed by atoms with Gasteiger partial charge in [-0.05, 0) is 0 Å². The molecule has 0 aliphatic rings. The molecule has 0 unspecified atom stereocenters. The molecule has 120 valence electrons. The number of Topliss-reactive ketones (excluding diaryl/α,β-unsaturated/α-hetero) is 1. The van der Waals surface area contributed by atoms with Crippen LogP contribution in [0.4, 0.5) is 5.82 Å². The first kappa shape index (κ1) is 16.9. The third-order valence-corrected chi connectivity index (χ3v) is 3.26. The van der Waals surface area contributed by atoms with E-state index in [0.717, 1.165) is 0 Å². The third kappa shape index (κ3) is 3.47. The first-order chi connectivity index (χ1) is 11.4. The molecule has 0 fully saturated rings. The van der Waals surface area contributed by atoms with Gasteiger partial charge in [0.25, 0.3) is 0 Å². The van der Waals surface area contributed by atoms with E-state index in [0.29, 0.717) is 16.8 Å². The average Bonchev–Trinajstić information content (AvgIpc) is 2.99. The number of hydrogen-bond donors (Lipinski definition) is 2. The molecule has 0 atom stereocenters. The number of H-pyrrole nitrogens is 1. The summed E-state index contributed by atoms with van der Waals surface area (Å²) in [6.45, 7) is 5.82. The number of aromatic amines is 1. The first-order valence-electron chi connectivity index (χ1n) is 7.21. The van der Waals surface area contributed by atoms with Crippen LogP contribution in [0.1, 0.15) is 42.4 Å². The number of ketones is 1. The molecule has 0 aliphatic carbocycles. The molecule has 24 heavy (non-hydrogen) atoms. The van der Waals surface area contributed by atoms with Gasteiger partial charge in [-0.2, -0.15) is 20.7 Å². The van der Waals surface area contributed by atoms with Crippen molar-refractivity contribution in [3.8, 4) is 12.1 Å². The van der Waals surface area contributed by atoms with Crippen molar-refractivity contribution in [3.63, 3.8) is 0 Å². The highest BCUT2D eigenvalue weighted by Crippen LogP contribution is 2.27. The van der Waals surface area contributed by atoms with Crippen molar-refractivity contribution in [2.75, 3.05) is 5.43 Å². The third-order valence-electron chi connectivity index (χ3n) is 3.26. The molecule has 0 spiro atoms. The predicted octanol–water partition coefficient (Wildman–Crippen LogP) is 2.75. The Morgan fingerprint density at radius 3 is 2.46 bits per heavy atom. The number of rotatable bonds is 4. The van der Waals surface area contributed by atoms with Gasteiger partial charge in [0.05, 0.1) is 5.69 Å². The van der Waals surface area contributed by atoms with E-state index in [1.54, 1.807) is 36.4 Å². The molecule has 0 radical (unpaired) electrons. The zero-order chi connectivity index (χ0) is 17.7. The van der Waals surface area contributed by atoms with Gasteiger partial charge < -0.3 is 0 Å². The highest BCUT2D eigenvalue weighted by Gasteiger charge is 2.24. The molecule has 1 aromatic carbocycles. The van der Waals surface area contributed by atoms with Crippen LogP contribution >= 0.6 is 0 Å². The van der Waals surface area contributed by atoms with E-state index < -0.39 is 5.78 Å². The number of hydrogen-bond acceptors (Lipinski definition) is 6. The second-order valence-electron chi connectivity index (χ2n) is 6.06. The fourth-order valence-electron chi connectivity index (χ4n) is 2.04. The highest BCUT2D eigenvalue weighted by atomic mass is 16.1. The van der Waals surface area contributed by atoms with E-state index in [1.807, 2.05) is 20.8 Å². The van der Waals surface area contributed by atoms with E-state index in [4.69, 9.17) is 5.26 Å². The van der Waals surface area contributed by atoms with Gasteiger partial charge in [-0.15, -0.1) is 0 Å². The lowest BCUT2D eigenvalue weighted by molar-refractivity contribution is 0.106. The summed E-state index contributed by atoms with van der Waals surface area (Å²) in [6, 6.07) is 12.2. The highest BCUT2D eigenvalue weighted by molar-refractivity contribution is 6.51. The van der Waals surface area contributed by atoms with Crippen molar-refractivity contribution in [2.24, 2.45) is 5.10 Å². The number of nitrogens with one attached hydrogen (secondary N) is 2. The lowest BCUT2D eigenvalue weighted by Crippen LogP contribution is -2.15. The number of carbonyl (C=O) groups excluding carboxylic acids is 1. The molecular weight excluding hydrogens is 304 g/mol. The van der Waals surface area contributed by atoms with Crippen LogP contribution in [0.25, 0.3) is 0 Å². The fourth-order valence-corrected chi connectivity index (χ4v) is 2.04. The Hall–Kier alpha value is -3.45. The van der Waals surface area contributed by atoms with E-state index >= 15 is 0 Å². The van der Waals surface area contributed by atoms with E-state index in [1.165, 1.54) is 0 Å². The molecule has 7 nitrogen and oxygen atoms in total. The molecule has 1 heterocycles. The number of carbonyl (C=O) groups is 1. The van der Waals surface area contributed by atoms with Crippen molar-refractivity contribution >= 4 is 17.3 Å². The van der Waals surface area contributed by atoms with E-state index in [2.05, 4.69) is 26.8 Å². The number of nitrogens with zero attached hydrogens (tertiary/aromatic N) is 4. The lowest BCUT2D eigenvalue weighted by atomic mass is 9.90. The molecular formula is C17H16N6O. The summed E-state index contributed by atoms with van der Waals surface area (Å²) in [7, 11) is 0. The van der Waals surface area contributed by atoms with Crippen molar-refractivity contribution in [3.05, 3.63) is 47.2 Å². The molecule has 2 rings (SSSR count). The van der Waals surface area contributed by atoms with Gasteiger partial charge in [0.2, 0.25) is 11.5 Å². The largest absolute Gasteiger partial charge is 0.286 e. The summed E-state index contributed by atoms with van der Waals surface area (Å²) < 4.78 is 0. The predicted molar refractivity (Wildman–Crippen MR) is 89.4 cm³/mol. The smallest absolute Gasteiger partial charge is 0.223 e. The molecule has 0 saturated heterocycles. The number of hydrazone groups is 1. The van der Waals surface area contributed by atoms with Crippen LogP contribution in [0.5, 0.6) is 0 Å². The minimum absolute atomic E-state index is 0.177. The molecule has 2 aromatic rings. The van der Waals surface area contributed by atoms with Gasteiger partial charge in [-0.25, -0.2) is 0 Å². The Balaban J connectivity index is 2.30.